The van der Waals surface area contributed by atoms with Gasteiger partial charge in [-0.05, 0) is 31.2 Å². The summed E-state index contributed by atoms with van der Waals surface area (Å²) in [7, 11) is 3.33. The van der Waals surface area contributed by atoms with Crippen LogP contribution in [-0.2, 0) is 0 Å². The number of aliphatic imine (C=N–C) groups is 1. The lowest BCUT2D eigenvalue weighted by Crippen LogP contribution is -2.33. The molecule has 2 rings (SSSR count). The molecular formula is C18H25IN4O3. The molecule has 0 fully saturated rings. The molecule has 2 N–H and O–H groups in total. The van der Waals surface area contributed by atoms with Gasteiger partial charge >= 0.3 is 0 Å². The lowest BCUT2D eigenvalue weighted by Gasteiger charge is -2.15. The Hall–Kier alpha value is -2.23. The van der Waals surface area contributed by atoms with Crippen molar-refractivity contribution >= 4 is 35.6 Å². The van der Waals surface area contributed by atoms with Crippen LogP contribution in [0.15, 0.2) is 47.7 Å². The fourth-order valence-electron chi connectivity index (χ4n) is 2.11. The first-order valence-electron chi connectivity index (χ1n) is 8.08. The number of pyridine rings is 1. The molecule has 2 aromatic rings. The van der Waals surface area contributed by atoms with Crippen LogP contribution in [0.2, 0.25) is 0 Å². The second-order valence-electron chi connectivity index (χ2n) is 4.96. The number of nitrogens with one attached hydrogen (secondary N) is 2. The minimum atomic E-state index is 0. The number of methoxy groups -OCH3 is 1. The Morgan fingerprint density at radius 3 is 2.69 bits per heavy atom. The van der Waals surface area contributed by atoms with Crippen molar-refractivity contribution in [2.24, 2.45) is 4.99 Å². The summed E-state index contributed by atoms with van der Waals surface area (Å²) in [4.78, 5) is 8.20. The van der Waals surface area contributed by atoms with Crippen molar-refractivity contribution in [1.29, 1.82) is 0 Å². The number of anilines is 1. The van der Waals surface area contributed by atoms with Crippen LogP contribution in [0.5, 0.6) is 17.2 Å². The van der Waals surface area contributed by atoms with Gasteiger partial charge in [0.05, 0.1) is 26.5 Å². The summed E-state index contributed by atoms with van der Waals surface area (Å²) in [6.07, 6.45) is 3.39. The van der Waals surface area contributed by atoms with Crippen LogP contribution >= 0.6 is 24.0 Å². The Kier molecular flexibility index (Phi) is 10.2. The standard InChI is InChI=1S/C18H24N4O3.HI/c1-4-24-17-12-14(7-8-16(17)23-3)22-18(19-2)21-10-11-25-15-6-5-9-20-13-15;/h5-9,12-13H,4,10-11H2,1-3H3,(H2,19,21,22);1H. The van der Waals surface area contributed by atoms with E-state index in [4.69, 9.17) is 14.2 Å². The minimum Gasteiger partial charge on any atom is -0.493 e. The van der Waals surface area contributed by atoms with Gasteiger partial charge in [-0.1, -0.05) is 0 Å². The van der Waals surface area contributed by atoms with E-state index >= 15 is 0 Å². The number of hydrogen-bond donors (Lipinski definition) is 2. The topological polar surface area (TPSA) is 77.0 Å². The molecule has 0 aliphatic heterocycles. The lowest BCUT2D eigenvalue weighted by molar-refractivity contribution is 0.311. The monoisotopic (exact) mass is 472 g/mol. The van der Waals surface area contributed by atoms with Crippen LogP contribution in [-0.4, -0.2) is 44.9 Å². The molecule has 0 atom stereocenters. The van der Waals surface area contributed by atoms with E-state index in [1.165, 1.54) is 0 Å². The van der Waals surface area contributed by atoms with Crippen molar-refractivity contribution in [3.8, 4) is 17.2 Å². The SMILES string of the molecule is CCOc1cc(NC(=NC)NCCOc2cccnc2)ccc1OC.I. The zero-order valence-electron chi connectivity index (χ0n) is 15.2. The molecule has 0 aliphatic carbocycles. The highest BCUT2D eigenvalue weighted by Gasteiger charge is 2.07. The van der Waals surface area contributed by atoms with E-state index in [1.54, 1.807) is 26.6 Å². The quantitative estimate of drug-likeness (QED) is 0.266. The van der Waals surface area contributed by atoms with Crippen molar-refractivity contribution in [3.05, 3.63) is 42.7 Å². The minimum absolute atomic E-state index is 0. The van der Waals surface area contributed by atoms with Crippen LogP contribution in [0.25, 0.3) is 0 Å². The molecule has 8 heteroatoms. The van der Waals surface area contributed by atoms with Crippen molar-refractivity contribution in [1.82, 2.24) is 10.3 Å². The Morgan fingerprint density at radius 1 is 1.19 bits per heavy atom. The van der Waals surface area contributed by atoms with Gasteiger partial charge in [0, 0.05) is 25.0 Å². The van der Waals surface area contributed by atoms with Gasteiger partial charge in [0.25, 0.3) is 0 Å². The first-order chi connectivity index (χ1) is 12.3. The van der Waals surface area contributed by atoms with Gasteiger partial charge in [-0.25, -0.2) is 0 Å². The second-order valence-corrected chi connectivity index (χ2v) is 4.96. The van der Waals surface area contributed by atoms with Crippen molar-refractivity contribution in [2.45, 2.75) is 6.92 Å². The van der Waals surface area contributed by atoms with E-state index in [9.17, 15) is 0 Å². The predicted molar refractivity (Wildman–Crippen MR) is 114 cm³/mol. The number of halogens is 1. The average Bonchev–Trinajstić information content (AvgIpc) is 2.65. The van der Waals surface area contributed by atoms with E-state index in [-0.39, 0.29) is 24.0 Å². The molecule has 0 spiro atoms. The number of aromatic nitrogens is 1. The fourth-order valence-corrected chi connectivity index (χ4v) is 2.11. The molecule has 0 bridgehead atoms. The number of nitrogens with zero attached hydrogens (tertiary/aromatic N) is 2. The Bertz CT molecular complexity index is 683. The maximum Gasteiger partial charge on any atom is 0.195 e. The van der Waals surface area contributed by atoms with Gasteiger partial charge in [0.2, 0.25) is 0 Å². The normalized spacial score (nSPS) is 10.5. The predicted octanol–water partition coefficient (Wildman–Crippen LogP) is 3.17. The fraction of sp³-hybridized carbons (Fsp3) is 0.333. The van der Waals surface area contributed by atoms with E-state index in [2.05, 4.69) is 20.6 Å². The number of benzene rings is 1. The molecule has 7 nitrogen and oxygen atoms in total. The molecule has 0 saturated heterocycles. The van der Waals surface area contributed by atoms with Crippen molar-refractivity contribution in [2.75, 3.05) is 39.2 Å². The maximum absolute atomic E-state index is 5.59. The number of ether oxygens (including phenoxy) is 3. The second kappa shape index (κ2) is 12.2. The van der Waals surface area contributed by atoms with Crippen molar-refractivity contribution < 1.29 is 14.2 Å². The van der Waals surface area contributed by atoms with Gasteiger partial charge < -0.3 is 24.8 Å². The van der Waals surface area contributed by atoms with Crippen molar-refractivity contribution in [3.63, 3.8) is 0 Å². The molecule has 142 valence electrons. The van der Waals surface area contributed by atoms with Gasteiger partial charge in [0.1, 0.15) is 12.4 Å². The first kappa shape index (κ1) is 21.8. The summed E-state index contributed by atoms with van der Waals surface area (Å²) in [5.41, 5.74) is 0.852. The highest BCUT2D eigenvalue weighted by molar-refractivity contribution is 14.0. The molecule has 0 saturated carbocycles. The Morgan fingerprint density at radius 2 is 2.04 bits per heavy atom. The van der Waals surface area contributed by atoms with E-state index in [1.807, 2.05) is 37.3 Å². The number of guanidine groups is 1. The van der Waals surface area contributed by atoms with Gasteiger partial charge in [-0.3, -0.25) is 9.98 Å². The third kappa shape index (κ3) is 6.95. The van der Waals surface area contributed by atoms with Gasteiger partial charge in [0.15, 0.2) is 17.5 Å². The van der Waals surface area contributed by atoms with Crippen LogP contribution in [0, 0.1) is 0 Å². The molecule has 1 aromatic heterocycles. The zero-order chi connectivity index (χ0) is 17.9. The van der Waals surface area contributed by atoms with Gasteiger partial charge in [-0.2, -0.15) is 0 Å². The first-order valence-corrected chi connectivity index (χ1v) is 8.08. The van der Waals surface area contributed by atoms with Crippen LogP contribution in [0.1, 0.15) is 6.92 Å². The Labute approximate surface area is 171 Å². The third-order valence-corrected chi connectivity index (χ3v) is 3.25. The zero-order valence-corrected chi connectivity index (χ0v) is 17.5. The molecule has 0 amide bonds. The summed E-state index contributed by atoms with van der Waals surface area (Å²) in [6, 6.07) is 9.34. The average molecular weight is 472 g/mol. The number of hydrogen-bond acceptors (Lipinski definition) is 5. The van der Waals surface area contributed by atoms with E-state index in [0.717, 1.165) is 11.4 Å². The molecule has 0 radical (unpaired) electrons. The molecule has 26 heavy (non-hydrogen) atoms. The van der Waals surface area contributed by atoms with Crippen LogP contribution in [0.4, 0.5) is 5.69 Å². The summed E-state index contributed by atoms with van der Waals surface area (Å²) in [5, 5.41) is 6.40. The lowest BCUT2D eigenvalue weighted by atomic mass is 10.2. The smallest absolute Gasteiger partial charge is 0.195 e. The molecule has 1 aromatic carbocycles. The summed E-state index contributed by atoms with van der Waals surface area (Å²) in [5.74, 6) is 2.76. The molecule has 0 unspecified atom stereocenters. The summed E-state index contributed by atoms with van der Waals surface area (Å²) < 4.78 is 16.5. The van der Waals surface area contributed by atoms with E-state index in [0.29, 0.717) is 37.2 Å². The highest BCUT2D eigenvalue weighted by atomic mass is 127. The summed E-state index contributed by atoms with van der Waals surface area (Å²) in [6.45, 7) is 3.60. The van der Waals surface area contributed by atoms with Crippen LogP contribution in [0.3, 0.4) is 0 Å². The molecule has 0 aliphatic rings. The van der Waals surface area contributed by atoms with E-state index < -0.39 is 0 Å². The molecule has 1 heterocycles. The number of rotatable bonds is 8. The maximum atomic E-state index is 5.59. The molecular weight excluding hydrogens is 447 g/mol. The Balaban J connectivity index is 0.00000338. The van der Waals surface area contributed by atoms with Crippen LogP contribution < -0.4 is 24.8 Å². The highest BCUT2D eigenvalue weighted by Crippen LogP contribution is 2.30. The third-order valence-electron chi connectivity index (χ3n) is 3.25. The summed E-state index contributed by atoms with van der Waals surface area (Å²) >= 11 is 0. The van der Waals surface area contributed by atoms with Gasteiger partial charge in [-0.15, -0.1) is 24.0 Å². The largest absolute Gasteiger partial charge is 0.493 e.